The highest BCUT2D eigenvalue weighted by atomic mass is 16.6. The molecule has 0 amide bonds. The van der Waals surface area contributed by atoms with Crippen LogP contribution in [0.1, 0.15) is 40.0 Å². The number of aliphatic hydroxyl groups excluding tert-OH is 1. The van der Waals surface area contributed by atoms with Crippen LogP contribution in [0.5, 0.6) is 0 Å². The van der Waals surface area contributed by atoms with E-state index in [1.165, 1.54) is 12.8 Å². The molecule has 1 aliphatic heterocycles. The molecule has 1 rings (SSSR count). The van der Waals surface area contributed by atoms with E-state index in [1.807, 2.05) is 0 Å². The van der Waals surface area contributed by atoms with Gasteiger partial charge in [0.15, 0.2) is 0 Å². The van der Waals surface area contributed by atoms with Gasteiger partial charge in [0.05, 0.1) is 12.7 Å². The van der Waals surface area contributed by atoms with E-state index < -0.39 is 0 Å². The van der Waals surface area contributed by atoms with Gasteiger partial charge in [-0.05, 0) is 18.3 Å². The standard InChI is InChI=1S/C11H22O2/c1-4-5-8(2)9(3)6-10(12)11-7-13-11/h8-12H,4-7H2,1-3H3/t8?,9?,10-,11-/m1/s1. The summed E-state index contributed by atoms with van der Waals surface area (Å²) in [5.74, 6) is 1.33. The van der Waals surface area contributed by atoms with Gasteiger partial charge in [0.1, 0.15) is 6.10 Å². The van der Waals surface area contributed by atoms with Gasteiger partial charge in [-0.3, -0.25) is 0 Å². The van der Waals surface area contributed by atoms with Crippen molar-refractivity contribution in [2.45, 2.75) is 52.2 Å². The number of epoxide rings is 1. The van der Waals surface area contributed by atoms with E-state index in [1.54, 1.807) is 0 Å². The van der Waals surface area contributed by atoms with Crippen molar-refractivity contribution in [3.63, 3.8) is 0 Å². The van der Waals surface area contributed by atoms with Gasteiger partial charge < -0.3 is 9.84 Å². The van der Waals surface area contributed by atoms with E-state index in [2.05, 4.69) is 20.8 Å². The number of rotatable bonds is 6. The van der Waals surface area contributed by atoms with Crippen molar-refractivity contribution in [3.05, 3.63) is 0 Å². The van der Waals surface area contributed by atoms with Crippen molar-refractivity contribution in [1.29, 1.82) is 0 Å². The van der Waals surface area contributed by atoms with Crippen molar-refractivity contribution in [2.75, 3.05) is 6.61 Å². The zero-order valence-corrected chi connectivity index (χ0v) is 8.99. The first-order chi connectivity index (χ1) is 6.15. The maximum atomic E-state index is 9.65. The molecular weight excluding hydrogens is 164 g/mol. The van der Waals surface area contributed by atoms with Gasteiger partial charge in [0, 0.05) is 0 Å². The minimum atomic E-state index is -0.227. The van der Waals surface area contributed by atoms with Crippen LogP contribution in [0.2, 0.25) is 0 Å². The fraction of sp³-hybridized carbons (Fsp3) is 1.00. The molecule has 2 unspecified atom stereocenters. The molecule has 0 saturated carbocycles. The van der Waals surface area contributed by atoms with Crippen LogP contribution >= 0.6 is 0 Å². The van der Waals surface area contributed by atoms with Crippen molar-refractivity contribution in [2.24, 2.45) is 11.8 Å². The molecule has 2 heteroatoms. The lowest BCUT2D eigenvalue weighted by Crippen LogP contribution is -2.21. The van der Waals surface area contributed by atoms with Crippen LogP contribution < -0.4 is 0 Å². The maximum absolute atomic E-state index is 9.65. The fourth-order valence-corrected chi connectivity index (χ4v) is 1.78. The number of hydrogen-bond donors (Lipinski definition) is 1. The van der Waals surface area contributed by atoms with Crippen LogP contribution in [-0.4, -0.2) is 23.9 Å². The monoisotopic (exact) mass is 186 g/mol. The second-order valence-electron chi connectivity index (χ2n) is 4.42. The molecule has 0 aromatic carbocycles. The van der Waals surface area contributed by atoms with Crippen LogP contribution in [-0.2, 0) is 4.74 Å². The Morgan fingerprint density at radius 3 is 2.46 bits per heavy atom. The normalized spacial score (nSPS) is 28.2. The Balaban J connectivity index is 2.17. The van der Waals surface area contributed by atoms with Crippen LogP contribution in [0.4, 0.5) is 0 Å². The Morgan fingerprint density at radius 2 is 2.00 bits per heavy atom. The smallest absolute Gasteiger partial charge is 0.107 e. The molecule has 0 aromatic heterocycles. The van der Waals surface area contributed by atoms with Crippen LogP contribution in [0.3, 0.4) is 0 Å². The van der Waals surface area contributed by atoms with Crippen molar-refractivity contribution in [1.82, 2.24) is 0 Å². The molecule has 0 spiro atoms. The first-order valence-electron chi connectivity index (χ1n) is 5.44. The lowest BCUT2D eigenvalue weighted by molar-refractivity contribution is 0.0992. The molecule has 13 heavy (non-hydrogen) atoms. The third kappa shape index (κ3) is 3.65. The Bertz CT molecular complexity index is 143. The largest absolute Gasteiger partial charge is 0.390 e. The highest BCUT2D eigenvalue weighted by Crippen LogP contribution is 2.25. The summed E-state index contributed by atoms with van der Waals surface area (Å²) >= 11 is 0. The Hall–Kier alpha value is -0.0800. The molecule has 4 atom stereocenters. The maximum Gasteiger partial charge on any atom is 0.107 e. The third-order valence-corrected chi connectivity index (χ3v) is 3.12. The van der Waals surface area contributed by atoms with E-state index in [4.69, 9.17) is 4.74 Å². The zero-order chi connectivity index (χ0) is 9.84. The van der Waals surface area contributed by atoms with Gasteiger partial charge in [0.2, 0.25) is 0 Å². The van der Waals surface area contributed by atoms with E-state index in [0.717, 1.165) is 18.9 Å². The third-order valence-electron chi connectivity index (χ3n) is 3.12. The van der Waals surface area contributed by atoms with Gasteiger partial charge >= 0.3 is 0 Å². The topological polar surface area (TPSA) is 32.8 Å². The average Bonchev–Trinajstić information content (AvgIpc) is 2.86. The Kier molecular flexibility index (Phi) is 4.20. The molecule has 2 nitrogen and oxygen atoms in total. The van der Waals surface area contributed by atoms with Gasteiger partial charge in [0.25, 0.3) is 0 Å². The first kappa shape index (κ1) is 11.0. The summed E-state index contributed by atoms with van der Waals surface area (Å²) in [5.41, 5.74) is 0. The Morgan fingerprint density at radius 1 is 1.38 bits per heavy atom. The molecule has 1 fully saturated rings. The summed E-state index contributed by atoms with van der Waals surface area (Å²) in [7, 11) is 0. The predicted molar refractivity (Wildman–Crippen MR) is 53.6 cm³/mol. The summed E-state index contributed by atoms with van der Waals surface area (Å²) in [4.78, 5) is 0. The zero-order valence-electron chi connectivity index (χ0n) is 8.99. The first-order valence-corrected chi connectivity index (χ1v) is 5.44. The minimum absolute atomic E-state index is 0.149. The average molecular weight is 186 g/mol. The van der Waals surface area contributed by atoms with E-state index >= 15 is 0 Å². The van der Waals surface area contributed by atoms with E-state index in [0.29, 0.717) is 5.92 Å². The van der Waals surface area contributed by atoms with Crippen molar-refractivity contribution < 1.29 is 9.84 Å². The molecule has 1 N–H and O–H groups in total. The molecule has 1 heterocycles. The summed E-state index contributed by atoms with van der Waals surface area (Å²) in [6, 6.07) is 0. The van der Waals surface area contributed by atoms with Crippen molar-refractivity contribution >= 4 is 0 Å². The molecule has 78 valence electrons. The van der Waals surface area contributed by atoms with Gasteiger partial charge in [-0.15, -0.1) is 0 Å². The second kappa shape index (κ2) is 4.97. The van der Waals surface area contributed by atoms with E-state index in [-0.39, 0.29) is 12.2 Å². The number of ether oxygens (including phenoxy) is 1. The minimum Gasteiger partial charge on any atom is -0.390 e. The van der Waals surface area contributed by atoms with Crippen LogP contribution in [0.25, 0.3) is 0 Å². The molecule has 0 aromatic rings. The molecule has 1 saturated heterocycles. The molecule has 0 aliphatic carbocycles. The highest BCUT2D eigenvalue weighted by molar-refractivity contribution is 4.80. The van der Waals surface area contributed by atoms with Gasteiger partial charge in [-0.1, -0.05) is 33.6 Å². The molecule has 0 radical (unpaired) electrons. The number of aliphatic hydroxyl groups is 1. The van der Waals surface area contributed by atoms with Crippen molar-refractivity contribution in [3.8, 4) is 0 Å². The highest BCUT2D eigenvalue weighted by Gasteiger charge is 2.32. The summed E-state index contributed by atoms with van der Waals surface area (Å²) in [6.07, 6.45) is 3.32. The number of hydrogen-bond acceptors (Lipinski definition) is 2. The summed E-state index contributed by atoms with van der Waals surface area (Å²) in [5, 5.41) is 9.65. The predicted octanol–water partition coefficient (Wildman–Crippen LogP) is 2.21. The Labute approximate surface area is 81.3 Å². The quantitative estimate of drug-likeness (QED) is 0.645. The SMILES string of the molecule is CCCC(C)C(C)C[C@@H](O)[C@H]1CO1. The second-order valence-corrected chi connectivity index (χ2v) is 4.42. The van der Waals surface area contributed by atoms with Crippen LogP contribution in [0.15, 0.2) is 0 Å². The summed E-state index contributed by atoms with van der Waals surface area (Å²) in [6.45, 7) is 7.47. The molecule has 1 aliphatic rings. The lowest BCUT2D eigenvalue weighted by atomic mass is 9.87. The van der Waals surface area contributed by atoms with Gasteiger partial charge in [-0.2, -0.15) is 0 Å². The fourth-order valence-electron chi connectivity index (χ4n) is 1.78. The molecular formula is C11H22O2. The molecule has 0 bridgehead atoms. The lowest BCUT2D eigenvalue weighted by Gasteiger charge is -2.21. The summed E-state index contributed by atoms with van der Waals surface area (Å²) < 4.78 is 5.06. The van der Waals surface area contributed by atoms with E-state index in [9.17, 15) is 5.11 Å². The van der Waals surface area contributed by atoms with Gasteiger partial charge in [-0.25, -0.2) is 0 Å². The van der Waals surface area contributed by atoms with Crippen LogP contribution in [0, 0.1) is 11.8 Å².